The van der Waals surface area contributed by atoms with Crippen LogP contribution < -0.4 is 0 Å². The third-order valence-corrected chi connectivity index (χ3v) is 0. The third-order valence-electron chi connectivity index (χ3n) is 0. The van der Waals surface area contributed by atoms with Crippen molar-refractivity contribution in [1.82, 2.24) is 0 Å². The van der Waals surface area contributed by atoms with Crippen LogP contribution in [-0.4, -0.2) is 197 Å². The Labute approximate surface area is 223 Å². The molecule has 0 spiro atoms. The Bertz CT molecular complexity index is 129. The van der Waals surface area contributed by atoms with Crippen LogP contribution in [-0.2, 0) is 16.4 Å². The van der Waals surface area contributed by atoms with E-state index in [2.05, 4.69) is 0 Å². The van der Waals surface area contributed by atoms with Crippen molar-refractivity contribution in [2.24, 2.45) is 0 Å². The number of rotatable bonds is 0. The zero-order valence-electron chi connectivity index (χ0n) is 9.91. The molecule has 0 bridgehead atoms. The SMILES string of the molecule is O=C(O)O.O=C(O)O.O=C(O)O.[Al+3].[Al+3].[Ca+2].[Ca+2].[Ca+2].[O-2].[O-2].[O-2]. The summed E-state index contributed by atoms with van der Waals surface area (Å²) in [5.41, 5.74) is 0. The van der Waals surface area contributed by atoms with E-state index in [0.29, 0.717) is 0 Å². The largest absolute Gasteiger partial charge is 3.00 e. The van der Waals surface area contributed by atoms with Crippen molar-refractivity contribution in [3.8, 4) is 0 Å². The van der Waals surface area contributed by atoms with Crippen molar-refractivity contribution in [3.63, 3.8) is 0 Å². The number of hydrogen-bond acceptors (Lipinski definition) is 3. The maximum Gasteiger partial charge on any atom is 3.00 e. The van der Waals surface area contributed by atoms with Gasteiger partial charge in [-0.3, -0.25) is 0 Å². The van der Waals surface area contributed by atoms with Gasteiger partial charge in [0.05, 0.1) is 0 Å². The molecule has 0 unspecified atom stereocenters. The summed E-state index contributed by atoms with van der Waals surface area (Å²) in [6.07, 6.45) is -5.50. The molecule has 0 heterocycles. The molecule has 0 aromatic heterocycles. The van der Waals surface area contributed by atoms with Crippen molar-refractivity contribution >= 4 is 166 Å². The molecule has 0 atom stereocenters. The second-order valence-corrected chi connectivity index (χ2v) is 0.848. The molecule has 0 aliphatic carbocycles. The van der Waals surface area contributed by atoms with Crippen LogP contribution in [0.4, 0.5) is 14.4 Å². The average Bonchev–Trinajstić information content (AvgIpc) is 1.54. The van der Waals surface area contributed by atoms with Crippen molar-refractivity contribution < 1.29 is 61.5 Å². The van der Waals surface area contributed by atoms with Crippen molar-refractivity contribution in [2.75, 3.05) is 0 Å². The molecule has 0 amide bonds. The number of hydrogen-bond donors (Lipinski definition) is 6. The molecule has 6 N–H and O–H groups in total. The third kappa shape index (κ3) is 1220. The maximum atomic E-state index is 8.56. The molecule has 0 radical (unpaired) electrons. The van der Waals surface area contributed by atoms with Crippen LogP contribution in [0.1, 0.15) is 0 Å². The van der Waals surface area contributed by atoms with E-state index in [-0.39, 0.29) is 164 Å². The zero-order chi connectivity index (χ0) is 10.7. The molecule has 0 saturated carbocycles. The van der Waals surface area contributed by atoms with Crippen molar-refractivity contribution in [3.05, 3.63) is 0 Å². The quantitative estimate of drug-likeness (QED) is 0.252. The minimum absolute atomic E-state index is 0. The van der Waals surface area contributed by atoms with E-state index < -0.39 is 18.5 Å². The Morgan fingerprint density at radius 2 is 0.450 bits per heavy atom. The molecule has 96 valence electrons. The van der Waals surface area contributed by atoms with Crippen LogP contribution in [0.25, 0.3) is 0 Å². The Morgan fingerprint density at radius 3 is 0.450 bits per heavy atom. The van der Waals surface area contributed by atoms with E-state index >= 15 is 0 Å². The van der Waals surface area contributed by atoms with Crippen molar-refractivity contribution in [2.45, 2.75) is 0 Å². The summed E-state index contributed by atoms with van der Waals surface area (Å²) in [6.45, 7) is 0. The van der Waals surface area contributed by atoms with Gasteiger partial charge in [-0.15, -0.1) is 0 Å². The monoisotopic (exact) mass is 408 g/mol. The molecule has 12 nitrogen and oxygen atoms in total. The van der Waals surface area contributed by atoms with E-state index in [1.165, 1.54) is 0 Å². The van der Waals surface area contributed by atoms with Gasteiger partial charge < -0.3 is 47.1 Å². The van der Waals surface area contributed by atoms with E-state index in [4.69, 9.17) is 45.0 Å². The first-order valence-electron chi connectivity index (χ1n) is 1.95. The molecular formula is C3H6Al2Ca3O12+6. The van der Waals surface area contributed by atoms with Crippen LogP contribution in [0.2, 0.25) is 0 Å². The Morgan fingerprint density at radius 1 is 0.450 bits per heavy atom. The molecule has 0 aromatic carbocycles. The van der Waals surface area contributed by atoms with Gasteiger partial charge in [-0.1, -0.05) is 0 Å². The summed E-state index contributed by atoms with van der Waals surface area (Å²) in [6, 6.07) is 0. The summed E-state index contributed by atoms with van der Waals surface area (Å²) >= 11 is 0. The van der Waals surface area contributed by atoms with Gasteiger partial charge in [0.15, 0.2) is 0 Å². The molecular weight excluding hydrogens is 402 g/mol. The zero-order valence-corrected chi connectivity index (χ0v) is 18.8. The predicted molar refractivity (Wildman–Crippen MR) is 62.8 cm³/mol. The first kappa shape index (κ1) is 78.5. The molecule has 0 aliphatic heterocycles. The minimum Gasteiger partial charge on any atom is -2.00 e. The van der Waals surface area contributed by atoms with Gasteiger partial charge in [0, 0.05) is 0 Å². The van der Waals surface area contributed by atoms with Crippen LogP contribution in [0.5, 0.6) is 0 Å². The minimum atomic E-state index is -1.83. The number of carbonyl (C=O) groups is 3. The first-order chi connectivity index (χ1) is 5.20. The molecule has 0 fully saturated rings. The Kier molecular flexibility index (Phi) is 268. The van der Waals surface area contributed by atoms with E-state index in [1.807, 2.05) is 0 Å². The number of carboxylic acid groups (broad SMARTS) is 6. The molecule has 0 rings (SSSR count). The van der Waals surface area contributed by atoms with Crippen LogP contribution >= 0.6 is 0 Å². The fraction of sp³-hybridized carbons (Fsp3) is 0. The summed E-state index contributed by atoms with van der Waals surface area (Å²) in [5.74, 6) is 0. The van der Waals surface area contributed by atoms with E-state index in [9.17, 15) is 0 Å². The standard InChI is InChI=1S/3CH2O3.2Al.3Ca.3O/c3*2-1(3)4;;;;;;;;/h3*(H2,2,3,4);;;;;;;;/q;;;2*+3;3*+2;3*-2. The summed E-state index contributed by atoms with van der Waals surface area (Å²) in [5, 5.41) is 41.8. The van der Waals surface area contributed by atoms with Gasteiger partial charge in [0.1, 0.15) is 0 Å². The van der Waals surface area contributed by atoms with E-state index in [1.54, 1.807) is 0 Å². The van der Waals surface area contributed by atoms with Gasteiger partial charge >= 0.3 is 166 Å². The van der Waals surface area contributed by atoms with Gasteiger partial charge in [-0.2, -0.15) is 0 Å². The van der Waals surface area contributed by atoms with Gasteiger partial charge in [0.25, 0.3) is 0 Å². The Balaban J connectivity index is -0.00000000562. The maximum absolute atomic E-state index is 8.56. The molecule has 0 aliphatic rings. The Hall–Kier alpha value is 2.53. The summed E-state index contributed by atoms with van der Waals surface area (Å²) in [4.78, 5) is 25.7. The van der Waals surface area contributed by atoms with Crippen LogP contribution in [0, 0.1) is 0 Å². The summed E-state index contributed by atoms with van der Waals surface area (Å²) in [7, 11) is 0. The smallest absolute Gasteiger partial charge is 2.00 e. The second-order valence-electron chi connectivity index (χ2n) is 0.848. The second kappa shape index (κ2) is 68.3. The van der Waals surface area contributed by atoms with Crippen molar-refractivity contribution in [1.29, 1.82) is 0 Å². The molecule has 17 heteroatoms. The van der Waals surface area contributed by atoms with Gasteiger partial charge in [-0.25, -0.2) is 14.4 Å². The molecule has 20 heavy (non-hydrogen) atoms. The molecule has 0 saturated heterocycles. The van der Waals surface area contributed by atoms with E-state index in [0.717, 1.165) is 0 Å². The average molecular weight is 408 g/mol. The fourth-order valence-electron chi connectivity index (χ4n) is 0. The first-order valence-corrected chi connectivity index (χ1v) is 1.95. The fourth-order valence-corrected chi connectivity index (χ4v) is 0. The van der Waals surface area contributed by atoms with Crippen LogP contribution in [0.3, 0.4) is 0 Å². The topological polar surface area (TPSA) is 258 Å². The van der Waals surface area contributed by atoms with Gasteiger partial charge in [-0.05, 0) is 0 Å². The normalized spacial score (nSPS) is 3.60. The summed E-state index contributed by atoms with van der Waals surface area (Å²) < 4.78 is 0. The predicted octanol–water partition coefficient (Wildman–Crippen LogP) is -1.59. The molecule has 0 aromatic rings. The van der Waals surface area contributed by atoms with Crippen LogP contribution in [0.15, 0.2) is 0 Å². The van der Waals surface area contributed by atoms with Gasteiger partial charge in [0.2, 0.25) is 0 Å².